The highest BCUT2D eigenvalue weighted by Gasteiger charge is 2.30. The maximum Gasteiger partial charge on any atom is 0.243 e. The molecule has 0 aliphatic heterocycles. The highest BCUT2D eigenvalue weighted by atomic mass is 35.5. The summed E-state index contributed by atoms with van der Waals surface area (Å²) in [6, 6.07) is 11.5. The lowest BCUT2D eigenvalue weighted by Gasteiger charge is -2.32. The zero-order chi connectivity index (χ0) is 27.8. The summed E-state index contributed by atoms with van der Waals surface area (Å²) in [4.78, 5) is 28.1. The van der Waals surface area contributed by atoms with Crippen molar-refractivity contribution in [2.45, 2.75) is 72.0 Å². The quantitative estimate of drug-likeness (QED) is 0.341. The predicted molar refractivity (Wildman–Crippen MR) is 152 cm³/mol. The smallest absolute Gasteiger partial charge is 0.243 e. The highest BCUT2D eigenvalue weighted by Crippen LogP contribution is 2.25. The second-order valence-corrected chi connectivity index (χ2v) is 12.0. The molecule has 204 valence electrons. The first-order chi connectivity index (χ1) is 17.4. The fraction of sp³-hybridized carbons (Fsp3) is 0.481. The van der Waals surface area contributed by atoms with Gasteiger partial charge in [0.2, 0.25) is 21.8 Å². The summed E-state index contributed by atoms with van der Waals surface area (Å²) in [6.07, 6.45) is 2.68. The Morgan fingerprint density at radius 2 is 1.68 bits per heavy atom. The van der Waals surface area contributed by atoms with Crippen LogP contribution >= 0.6 is 23.2 Å². The van der Waals surface area contributed by atoms with E-state index in [-0.39, 0.29) is 43.8 Å². The Kier molecular flexibility index (Phi) is 11.7. The second kappa shape index (κ2) is 14.0. The monoisotopic (exact) mass is 569 g/mol. The number of nitrogens with one attached hydrogen (secondary N) is 1. The van der Waals surface area contributed by atoms with Gasteiger partial charge in [-0.15, -0.1) is 0 Å². The summed E-state index contributed by atoms with van der Waals surface area (Å²) in [5, 5.41) is 3.86. The van der Waals surface area contributed by atoms with Crippen LogP contribution in [0.1, 0.15) is 57.6 Å². The molecule has 0 bridgehead atoms. The van der Waals surface area contributed by atoms with E-state index < -0.39 is 16.1 Å². The van der Waals surface area contributed by atoms with Gasteiger partial charge in [0, 0.05) is 35.6 Å². The van der Waals surface area contributed by atoms with E-state index in [1.807, 2.05) is 39.8 Å². The van der Waals surface area contributed by atoms with Crippen molar-refractivity contribution in [1.29, 1.82) is 0 Å². The molecule has 2 atom stereocenters. The summed E-state index contributed by atoms with van der Waals surface area (Å²) < 4.78 is 26.2. The average Bonchev–Trinajstić information content (AvgIpc) is 2.82. The molecular weight excluding hydrogens is 533 g/mol. The molecule has 0 radical (unpaired) electrons. The number of amides is 2. The van der Waals surface area contributed by atoms with Crippen molar-refractivity contribution in [2.75, 3.05) is 17.1 Å². The molecule has 2 aromatic carbocycles. The standard InChI is InChI=1S/C27H37Cl2N3O4S/c1-6-20(4)30-27(34)25(7-2)31(18-21-12-13-22(28)17-24(21)29)26(33)9-8-16-32(37(5,35)36)23-14-10-19(3)11-15-23/h10-15,17,20,25H,6-9,16,18H2,1-5H3,(H,30,34)/t20-,25+/m0/s1. The number of sulfonamides is 1. The maximum absolute atomic E-state index is 13.5. The van der Waals surface area contributed by atoms with Crippen molar-refractivity contribution in [3.05, 3.63) is 63.6 Å². The molecule has 0 heterocycles. The van der Waals surface area contributed by atoms with Crippen LogP contribution in [0.2, 0.25) is 10.0 Å². The molecule has 7 nitrogen and oxygen atoms in total. The Balaban J connectivity index is 2.25. The van der Waals surface area contributed by atoms with E-state index in [4.69, 9.17) is 23.2 Å². The van der Waals surface area contributed by atoms with E-state index >= 15 is 0 Å². The minimum Gasteiger partial charge on any atom is -0.352 e. The predicted octanol–water partition coefficient (Wildman–Crippen LogP) is 5.57. The van der Waals surface area contributed by atoms with E-state index in [1.165, 1.54) is 9.21 Å². The first kappa shape index (κ1) is 30.9. The van der Waals surface area contributed by atoms with Crippen LogP contribution < -0.4 is 9.62 Å². The van der Waals surface area contributed by atoms with Gasteiger partial charge >= 0.3 is 0 Å². The third-order valence-corrected chi connectivity index (χ3v) is 8.00. The van der Waals surface area contributed by atoms with Crippen molar-refractivity contribution >= 4 is 50.7 Å². The molecule has 0 aliphatic rings. The third kappa shape index (κ3) is 9.20. The number of rotatable bonds is 13. The first-order valence-electron chi connectivity index (χ1n) is 12.5. The summed E-state index contributed by atoms with van der Waals surface area (Å²) in [5.74, 6) is -0.484. The molecule has 2 rings (SSSR count). The topological polar surface area (TPSA) is 86.8 Å². The third-order valence-electron chi connectivity index (χ3n) is 6.22. The summed E-state index contributed by atoms with van der Waals surface area (Å²) >= 11 is 12.4. The van der Waals surface area contributed by atoms with Gasteiger partial charge in [0.1, 0.15) is 6.04 Å². The van der Waals surface area contributed by atoms with Crippen LogP contribution in [0.3, 0.4) is 0 Å². The Labute approximate surface area is 231 Å². The Hall–Kier alpha value is -2.29. The van der Waals surface area contributed by atoms with Gasteiger partial charge < -0.3 is 10.2 Å². The highest BCUT2D eigenvalue weighted by molar-refractivity contribution is 7.92. The van der Waals surface area contributed by atoms with Crippen LogP contribution in [0, 0.1) is 6.92 Å². The van der Waals surface area contributed by atoms with E-state index in [0.717, 1.165) is 18.2 Å². The van der Waals surface area contributed by atoms with Crippen molar-refractivity contribution in [3.63, 3.8) is 0 Å². The zero-order valence-corrected chi connectivity index (χ0v) is 24.5. The summed E-state index contributed by atoms with van der Waals surface area (Å²) in [5.41, 5.74) is 2.24. The number of carbonyl (C=O) groups is 2. The van der Waals surface area contributed by atoms with Crippen LogP contribution in [0.25, 0.3) is 0 Å². The minimum absolute atomic E-state index is 0.0320. The second-order valence-electron chi connectivity index (χ2n) is 9.27. The summed E-state index contributed by atoms with van der Waals surface area (Å²) in [6.45, 7) is 7.94. The number of aryl methyl sites for hydroxylation is 1. The van der Waals surface area contributed by atoms with E-state index in [1.54, 1.807) is 30.3 Å². The number of hydrogen-bond acceptors (Lipinski definition) is 4. The molecule has 0 aromatic heterocycles. The van der Waals surface area contributed by atoms with Gasteiger partial charge in [-0.2, -0.15) is 0 Å². The molecule has 0 unspecified atom stereocenters. The van der Waals surface area contributed by atoms with Gasteiger partial charge in [-0.1, -0.05) is 60.8 Å². The van der Waals surface area contributed by atoms with Gasteiger partial charge in [-0.3, -0.25) is 13.9 Å². The lowest BCUT2D eigenvalue weighted by Crippen LogP contribution is -2.50. The number of anilines is 1. The van der Waals surface area contributed by atoms with E-state index in [2.05, 4.69) is 5.32 Å². The molecule has 0 fully saturated rings. The lowest BCUT2D eigenvalue weighted by atomic mass is 10.1. The van der Waals surface area contributed by atoms with Gasteiger partial charge in [-0.25, -0.2) is 8.42 Å². The number of hydrogen-bond donors (Lipinski definition) is 1. The van der Waals surface area contributed by atoms with E-state index in [9.17, 15) is 18.0 Å². The summed E-state index contributed by atoms with van der Waals surface area (Å²) in [7, 11) is -3.54. The van der Waals surface area contributed by atoms with Gasteiger partial charge in [0.05, 0.1) is 11.9 Å². The molecular formula is C27H37Cl2N3O4S. The minimum atomic E-state index is -3.54. The van der Waals surface area contributed by atoms with Gasteiger partial charge in [0.25, 0.3) is 0 Å². The van der Waals surface area contributed by atoms with Crippen LogP contribution in [-0.2, 0) is 26.2 Å². The van der Waals surface area contributed by atoms with Crippen molar-refractivity contribution in [1.82, 2.24) is 10.2 Å². The van der Waals surface area contributed by atoms with Crippen LogP contribution in [0.5, 0.6) is 0 Å². The molecule has 0 saturated carbocycles. The molecule has 2 amide bonds. The van der Waals surface area contributed by atoms with Crippen molar-refractivity contribution in [2.24, 2.45) is 0 Å². The molecule has 0 aliphatic carbocycles. The maximum atomic E-state index is 13.5. The average molecular weight is 571 g/mol. The molecule has 10 heteroatoms. The fourth-order valence-corrected chi connectivity index (χ4v) is 5.34. The van der Waals surface area contributed by atoms with Gasteiger partial charge in [0.15, 0.2) is 0 Å². The fourth-order valence-electron chi connectivity index (χ4n) is 3.91. The van der Waals surface area contributed by atoms with Crippen LogP contribution in [0.15, 0.2) is 42.5 Å². The first-order valence-corrected chi connectivity index (χ1v) is 15.1. The van der Waals surface area contributed by atoms with Gasteiger partial charge in [-0.05, 0) is 62.9 Å². The molecule has 1 N–H and O–H groups in total. The molecule has 37 heavy (non-hydrogen) atoms. The van der Waals surface area contributed by atoms with E-state index in [0.29, 0.717) is 27.7 Å². The Morgan fingerprint density at radius 1 is 1.03 bits per heavy atom. The molecule has 0 saturated heterocycles. The molecule has 0 spiro atoms. The Morgan fingerprint density at radius 3 is 2.22 bits per heavy atom. The zero-order valence-electron chi connectivity index (χ0n) is 22.1. The van der Waals surface area contributed by atoms with Crippen LogP contribution in [0.4, 0.5) is 5.69 Å². The number of carbonyl (C=O) groups excluding carboxylic acids is 2. The molecule has 2 aromatic rings. The largest absolute Gasteiger partial charge is 0.352 e. The van der Waals surface area contributed by atoms with Crippen molar-refractivity contribution < 1.29 is 18.0 Å². The van der Waals surface area contributed by atoms with Crippen LogP contribution in [-0.4, -0.2) is 50.0 Å². The SMILES string of the molecule is CC[C@H](C(=O)N[C@@H](C)CC)N(Cc1ccc(Cl)cc1Cl)C(=O)CCCN(c1ccc(C)cc1)S(C)(=O)=O. The Bertz CT molecular complexity index is 1170. The van der Waals surface area contributed by atoms with Crippen molar-refractivity contribution in [3.8, 4) is 0 Å². The number of halogens is 2. The normalized spacial score (nSPS) is 13.1. The number of benzene rings is 2. The lowest BCUT2D eigenvalue weighted by molar-refractivity contribution is -0.141. The number of nitrogens with zero attached hydrogens (tertiary/aromatic N) is 2.